The first-order valence-electron chi connectivity index (χ1n) is 20.5. The summed E-state index contributed by atoms with van der Waals surface area (Å²) in [6.07, 6.45) is 0. The molecule has 0 saturated heterocycles. The van der Waals surface area contributed by atoms with Crippen LogP contribution in [0, 0.1) is 0 Å². The molecule has 61 heavy (non-hydrogen) atoms. The minimum atomic E-state index is 0.601. The molecular weight excluding hydrogens is 743 g/mol. The van der Waals surface area contributed by atoms with Crippen LogP contribution in [0.1, 0.15) is 0 Å². The summed E-state index contributed by atoms with van der Waals surface area (Å²) in [5.74, 6) is 1.82. The standard InChI is InChI=1S/C57H37N3O/c1-4-13-38(14-5-1)40-23-27-42(28-24-40)48-34-49(43-29-25-41(26-30-43)39-15-6-2-7-16-39)36-50(35-48)45-19-12-20-46(33-45)56-58-55(44-17-8-3-9-18-44)59-57(60-56)47-31-32-54-52(37-47)51-21-10-11-22-53(51)61-54/h1-37H. The zero-order valence-corrected chi connectivity index (χ0v) is 33.1. The van der Waals surface area contributed by atoms with Crippen molar-refractivity contribution in [3.05, 3.63) is 224 Å². The van der Waals surface area contributed by atoms with Gasteiger partial charge >= 0.3 is 0 Å². The molecule has 2 aromatic heterocycles. The highest BCUT2D eigenvalue weighted by atomic mass is 16.3. The van der Waals surface area contributed by atoms with Gasteiger partial charge < -0.3 is 4.42 Å². The fraction of sp³-hybridized carbons (Fsp3) is 0. The van der Waals surface area contributed by atoms with Crippen LogP contribution in [0.15, 0.2) is 229 Å². The van der Waals surface area contributed by atoms with Crippen molar-refractivity contribution in [3.8, 4) is 89.8 Å². The largest absolute Gasteiger partial charge is 0.456 e. The van der Waals surface area contributed by atoms with Crippen molar-refractivity contribution < 1.29 is 4.42 Å². The Morgan fingerprint density at radius 2 is 0.557 bits per heavy atom. The van der Waals surface area contributed by atoms with Crippen molar-refractivity contribution >= 4 is 21.9 Å². The van der Waals surface area contributed by atoms with Crippen molar-refractivity contribution in [2.45, 2.75) is 0 Å². The molecule has 0 atom stereocenters. The van der Waals surface area contributed by atoms with Crippen LogP contribution in [-0.4, -0.2) is 15.0 Å². The summed E-state index contributed by atoms with van der Waals surface area (Å²) >= 11 is 0. The zero-order chi connectivity index (χ0) is 40.5. The molecule has 0 bridgehead atoms. The summed E-state index contributed by atoms with van der Waals surface area (Å²) in [6, 6.07) is 78.6. The normalized spacial score (nSPS) is 11.3. The van der Waals surface area contributed by atoms with Crippen molar-refractivity contribution in [2.24, 2.45) is 0 Å². The molecule has 11 rings (SSSR count). The number of fused-ring (bicyclic) bond motifs is 3. The van der Waals surface area contributed by atoms with E-state index in [1.807, 2.05) is 60.7 Å². The van der Waals surface area contributed by atoms with Gasteiger partial charge in [-0.15, -0.1) is 0 Å². The topological polar surface area (TPSA) is 51.8 Å². The molecule has 0 spiro atoms. The number of rotatable bonds is 8. The SMILES string of the molecule is c1ccc(-c2ccc(-c3cc(-c4ccc(-c5ccccc5)cc4)cc(-c4cccc(-c5nc(-c6ccccc6)nc(-c6ccc7oc8ccccc8c7c6)n5)c4)c3)cc2)cc1. The molecule has 0 aliphatic rings. The molecule has 2 heterocycles. The third-order valence-corrected chi connectivity index (χ3v) is 11.3. The molecule has 286 valence electrons. The minimum Gasteiger partial charge on any atom is -0.456 e. The Balaban J connectivity index is 1.02. The molecule has 0 unspecified atom stereocenters. The summed E-state index contributed by atoms with van der Waals surface area (Å²) < 4.78 is 6.15. The van der Waals surface area contributed by atoms with Gasteiger partial charge in [-0.1, -0.05) is 176 Å². The van der Waals surface area contributed by atoms with Gasteiger partial charge in [0.05, 0.1) is 0 Å². The molecule has 9 aromatic carbocycles. The van der Waals surface area contributed by atoms with Crippen LogP contribution in [-0.2, 0) is 0 Å². The molecule has 11 aromatic rings. The van der Waals surface area contributed by atoms with Crippen LogP contribution in [0.3, 0.4) is 0 Å². The van der Waals surface area contributed by atoms with Crippen molar-refractivity contribution in [3.63, 3.8) is 0 Å². The average Bonchev–Trinajstić information content (AvgIpc) is 3.73. The van der Waals surface area contributed by atoms with Gasteiger partial charge in [-0.05, 0) is 104 Å². The highest BCUT2D eigenvalue weighted by molar-refractivity contribution is 6.06. The third kappa shape index (κ3) is 7.17. The lowest BCUT2D eigenvalue weighted by Crippen LogP contribution is -2.00. The van der Waals surface area contributed by atoms with Gasteiger partial charge in [-0.2, -0.15) is 0 Å². The number of benzene rings is 9. The van der Waals surface area contributed by atoms with Gasteiger partial charge in [-0.25, -0.2) is 15.0 Å². The Hall–Kier alpha value is -8.21. The van der Waals surface area contributed by atoms with E-state index in [1.54, 1.807) is 0 Å². The second kappa shape index (κ2) is 15.5. The summed E-state index contributed by atoms with van der Waals surface area (Å²) in [6.45, 7) is 0. The number of furan rings is 1. The predicted molar refractivity (Wildman–Crippen MR) is 251 cm³/mol. The van der Waals surface area contributed by atoms with E-state index in [4.69, 9.17) is 19.4 Å². The van der Waals surface area contributed by atoms with E-state index in [2.05, 4.69) is 164 Å². The highest BCUT2D eigenvalue weighted by Crippen LogP contribution is 2.37. The highest BCUT2D eigenvalue weighted by Gasteiger charge is 2.16. The first kappa shape index (κ1) is 35.9. The zero-order valence-electron chi connectivity index (χ0n) is 33.1. The summed E-state index contributed by atoms with van der Waals surface area (Å²) in [5, 5.41) is 2.09. The van der Waals surface area contributed by atoms with Crippen LogP contribution in [0.5, 0.6) is 0 Å². The van der Waals surface area contributed by atoms with Gasteiger partial charge in [0.15, 0.2) is 17.5 Å². The van der Waals surface area contributed by atoms with Gasteiger partial charge in [-0.3, -0.25) is 0 Å². The van der Waals surface area contributed by atoms with E-state index in [0.29, 0.717) is 17.5 Å². The Labute approximate surface area is 354 Å². The van der Waals surface area contributed by atoms with Crippen LogP contribution >= 0.6 is 0 Å². The van der Waals surface area contributed by atoms with E-state index in [9.17, 15) is 0 Å². The maximum Gasteiger partial charge on any atom is 0.164 e. The van der Waals surface area contributed by atoms with Crippen molar-refractivity contribution in [1.82, 2.24) is 15.0 Å². The van der Waals surface area contributed by atoms with Gasteiger partial charge in [0, 0.05) is 27.5 Å². The van der Waals surface area contributed by atoms with Gasteiger partial charge in [0.2, 0.25) is 0 Å². The lowest BCUT2D eigenvalue weighted by Gasteiger charge is -2.13. The smallest absolute Gasteiger partial charge is 0.164 e. The van der Waals surface area contributed by atoms with Crippen LogP contribution in [0.2, 0.25) is 0 Å². The molecule has 0 radical (unpaired) electrons. The lowest BCUT2D eigenvalue weighted by molar-refractivity contribution is 0.669. The summed E-state index contributed by atoms with van der Waals surface area (Å²) in [4.78, 5) is 15.3. The molecule has 0 saturated carbocycles. The Morgan fingerprint density at radius 1 is 0.213 bits per heavy atom. The Morgan fingerprint density at radius 3 is 1.11 bits per heavy atom. The van der Waals surface area contributed by atoms with Crippen LogP contribution in [0.25, 0.3) is 112 Å². The predicted octanol–water partition coefficient (Wildman–Crippen LogP) is 15.1. The van der Waals surface area contributed by atoms with Gasteiger partial charge in [0.25, 0.3) is 0 Å². The monoisotopic (exact) mass is 779 g/mol. The molecule has 0 amide bonds. The van der Waals surface area contributed by atoms with Crippen molar-refractivity contribution in [1.29, 1.82) is 0 Å². The number of nitrogens with zero attached hydrogens (tertiary/aromatic N) is 3. The lowest BCUT2D eigenvalue weighted by atomic mass is 9.91. The third-order valence-electron chi connectivity index (χ3n) is 11.3. The molecule has 4 nitrogen and oxygen atoms in total. The first-order chi connectivity index (χ1) is 30.2. The van der Waals surface area contributed by atoms with Gasteiger partial charge in [0.1, 0.15) is 11.2 Å². The van der Waals surface area contributed by atoms with E-state index in [-0.39, 0.29) is 0 Å². The molecule has 0 N–H and O–H groups in total. The number of para-hydroxylation sites is 1. The molecular formula is C57H37N3O. The number of hydrogen-bond donors (Lipinski definition) is 0. The maximum atomic E-state index is 6.15. The van der Waals surface area contributed by atoms with Crippen LogP contribution in [0.4, 0.5) is 0 Å². The fourth-order valence-corrected chi connectivity index (χ4v) is 8.15. The van der Waals surface area contributed by atoms with E-state index < -0.39 is 0 Å². The quantitative estimate of drug-likeness (QED) is 0.154. The second-order valence-electron chi connectivity index (χ2n) is 15.2. The molecule has 4 heteroatoms. The first-order valence-corrected chi connectivity index (χ1v) is 20.5. The van der Waals surface area contributed by atoms with Crippen LogP contribution < -0.4 is 0 Å². The van der Waals surface area contributed by atoms with E-state index >= 15 is 0 Å². The Bertz CT molecular complexity index is 3220. The molecule has 0 fully saturated rings. The molecule has 0 aliphatic carbocycles. The number of hydrogen-bond acceptors (Lipinski definition) is 4. The molecule has 0 aliphatic heterocycles. The van der Waals surface area contributed by atoms with E-state index in [1.165, 1.54) is 22.3 Å². The summed E-state index contributed by atoms with van der Waals surface area (Å²) in [5.41, 5.74) is 15.9. The average molecular weight is 780 g/mol. The number of aromatic nitrogens is 3. The van der Waals surface area contributed by atoms with E-state index in [0.717, 1.165) is 72.0 Å². The minimum absolute atomic E-state index is 0.601. The maximum absolute atomic E-state index is 6.15. The summed E-state index contributed by atoms with van der Waals surface area (Å²) in [7, 11) is 0. The second-order valence-corrected chi connectivity index (χ2v) is 15.2. The Kier molecular flexibility index (Phi) is 9.14. The fourth-order valence-electron chi connectivity index (χ4n) is 8.15. The van der Waals surface area contributed by atoms with Crippen molar-refractivity contribution in [2.75, 3.05) is 0 Å².